The van der Waals surface area contributed by atoms with Crippen LogP contribution in [0.1, 0.15) is 101 Å². The topological polar surface area (TPSA) is 140 Å². The average Bonchev–Trinajstić information content (AvgIpc) is 3.60. The maximum Gasteiger partial charge on any atom is 0.410 e. The van der Waals surface area contributed by atoms with Crippen molar-refractivity contribution in [3.63, 3.8) is 0 Å². The van der Waals surface area contributed by atoms with Crippen LogP contribution < -0.4 is 5.32 Å². The fraction of sp³-hybridized carbons (Fsp3) is 0.613. The van der Waals surface area contributed by atoms with Crippen LogP contribution >= 0.6 is 0 Å². The molecule has 3 aromatic heterocycles. The molecule has 4 heterocycles. The Balaban J connectivity index is 1.71. The number of ether oxygens (including phenoxy) is 1. The van der Waals surface area contributed by atoms with Gasteiger partial charge in [-0.2, -0.15) is 0 Å². The molecule has 0 aromatic carbocycles. The van der Waals surface area contributed by atoms with Crippen molar-refractivity contribution < 1.29 is 23.2 Å². The molecule has 1 unspecified atom stereocenters. The first kappa shape index (κ1) is 32.0. The number of amides is 2. The van der Waals surface area contributed by atoms with Crippen molar-refractivity contribution in [1.82, 2.24) is 30.0 Å². The molecule has 1 saturated heterocycles. The molecule has 43 heavy (non-hydrogen) atoms. The molecule has 4 rings (SSSR count). The van der Waals surface area contributed by atoms with Gasteiger partial charge in [0, 0.05) is 38.2 Å². The largest absolute Gasteiger partial charge is 0.467 e. The number of furan rings is 1. The molecule has 1 aliphatic heterocycles. The molecular weight excluding hydrogens is 550 g/mol. The van der Waals surface area contributed by atoms with Crippen molar-refractivity contribution in [1.29, 1.82) is 0 Å². The standard InChI is InChI=1S/C31H45N7O5/c1-19(2)16-38(22-13-21(26-36-35-20(3)42-26)17-37(18-22)29(40)43-31(7,8)9)27(39)24-15-33-28(30(4,5)6)34-25(24)32-14-23-11-10-12-41-23/h10-12,15,19,21-22H,13-14,16-18H2,1-9H3,(H,32,33,34)/t21-,22?/m1/s1. The van der Waals surface area contributed by atoms with Crippen molar-refractivity contribution in [2.24, 2.45) is 5.92 Å². The maximum atomic E-state index is 14.5. The molecule has 0 radical (unpaired) electrons. The summed E-state index contributed by atoms with van der Waals surface area (Å²) in [5.74, 6) is 2.29. The first-order valence-corrected chi connectivity index (χ1v) is 14.8. The van der Waals surface area contributed by atoms with Crippen LogP contribution in [-0.4, -0.2) is 73.2 Å². The molecule has 0 aliphatic carbocycles. The second-order valence-corrected chi connectivity index (χ2v) is 13.6. The normalized spacial score (nSPS) is 17.7. The molecule has 2 atom stereocenters. The van der Waals surface area contributed by atoms with Gasteiger partial charge in [-0.3, -0.25) is 4.79 Å². The van der Waals surface area contributed by atoms with E-state index in [2.05, 4.69) is 34.3 Å². The van der Waals surface area contributed by atoms with Gasteiger partial charge < -0.3 is 28.7 Å². The lowest BCUT2D eigenvalue weighted by Crippen LogP contribution is -2.55. The van der Waals surface area contributed by atoms with Crippen molar-refractivity contribution >= 4 is 17.8 Å². The highest BCUT2D eigenvalue weighted by Gasteiger charge is 2.40. The molecule has 1 N–H and O–H groups in total. The number of carbonyl (C=O) groups excluding carboxylic acids is 2. The Morgan fingerprint density at radius 3 is 2.49 bits per heavy atom. The van der Waals surface area contributed by atoms with Crippen molar-refractivity contribution in [3.05, 3.63) is 53.5 Å². The lowest BCUT2D eigenvalue weighted by molar-refractivity contribution is 0.00513. The van der Waals surface area contributed by atoms with Crippen LogP contribution in [0.5, 0.6) is 0 Å². The highest BCUT2D eigenvalue weighted by atomic mass is 16.6. The van der Waals surface area contributed by atoms with E-state index in [1.165, 1.54) is 0 Å². The number of anilines is 1. The summed E-state index contributed by atoms with van der Waals surface area (Å²) >= 11 is 0. The number of hydrogen-bond acceptors (Lipinski definition) is 10. The Labute approximate surface area is 253 Å². The van der Waals surface area contributed by atoms with Crippen LogP contribution in [0.15, 0.2) is 33.4 Å². The van der Waals surface area contributed by atoms with E-state index in [0.29, 0.717) is 67.3 Å². The number of hydrogen-bond donors (Lipinski definition) is 1. The van der Waals surface area contributed by atoms with Crippen molar-refractivity contribution in [3.8, 4) is 0 Å². The molecule has 12 nitrogen and oxygen atoms in total. The molecule has 1 fully saturated rings. The van der Waals surface area contributed by atoms with E-state index in [0.717, 1.165) is 0 Å². The van der Waals surface area contributed by atoms with E-state index >= 15 is 0 Å². The summed E-state index contributed by atoms with van der Waals surface area (Å²) in [5.41, 5.74) is -0.651. The van der Waals surface area contributed by atoms with Gasteiger partial charge in [0.25, 0.3) is 5.91 Å². The lowest BCUT2D eigenvalue weighted by Gasteiger charge is -2.42. The molecule has 1 aliphatic rings. The Hall–Kier alpha value is -3.96. The Bertz CT molecular complexity index is 1390. The summed E-state index contributed by atoms with van der Waals surface area (Å²) in [6.07, 6.45) is 3.29. The third-order valence-corrected chi connectivity index (χ3v) is 6.93. The summed E-state index contributed by atoms with van der Waals surface area (Å²) in [6.45, 7) is 18.9. The highest BCUT2D eigenvalue weighted by molar-refractivity contribution is 5.98. The summed E-state index contributed by atoms with van der Waals surface area (Å²) in [6, 6.07) is 3.32. The number of rotatable bonds is 8. The molecule has 12 heteroatoms. The van der Waals surface area contributed by atoms with Gasteiger partial charge >= 0.3 is 6.09 Å². The quantitative estimate of drug-likeness (QED) is 0.352. The van der Waals surface area contributed by atoms with Crippen LogP contribution in [-0.2, 0) is 16.7 Å². The zero-order valence-electron chi connectivity index (χ0n) is 26.8. The Morgan fingerprint density at radius 1 is 1.16 bits per heavy atom. The predicted octanol–water partition coefficient (Wildman–Crippen LogP) is 5.56. The van der Waals surface area contributed by atoms with Crippen LogP contribution in [0.25, 0.3) is 0 Å². The number of nitrogens with one attached hydrogen (secondary N) is 1. The zero-order valence-corrected chi connectivity index (χ0v) is 26.8. The van der Waals surface area contributed by atoms with E-state index in [-0.39, 0.29) is 29.2 Å². The second-order valence-electron chi connectivity index (χ2n) is 13.6. The van der Waals surface area contributed by atoms with E-state index in [4.69, 9.17) is 18.6 Å². The summed E-state index contributed by atoms with van der Waals surface area (Å²) < 4.78 is 17.0. The van der Waals surface area contributed by atoms with Gasteiger partial charge in [0.15, 0.2) is 0 Å². The van der Waals surface area contributed by atoms with E-state index in [1.54, 1.807) is 24.3 Å². The Kier molecular flexibility index (Phi) is 9.46. The summed E-state index contributed by atoms with van der Waals surface area (Å²) in [7, 11) is 0. The van der Waals surface area contributed by atoms with E-state index in [1.807, 2.05) is 58.6 Å². The first-order valence-electron chi connectivity index (χ1n) is 14.8. The van der Waals surface area contributed by atoms with Gasteiger partial charge in [-0.05, 0) is 45.2 Å². The van der Waals surface area contributed by atoms with Crippen LogP contribution in [0.2, 0.25) is 0 Å². The number of carbonyl (C=O) groups is 2. The van der Waals surface area contributed by atoms with Gasteiger partial charge in [0.05, 0.1) is 24.8 Å². The minimum absolute atomic E-state index is 0.152. The van der Waals surface area contributed by atoms with Crippen LogP contribution in [0.4, 0.5) is 10.6 Å². The molecule has 0 spiro atoms. The van der Waals surface area contributed by atoms with Gasteiger partial charge in [-0.1, -0.05) is 34.6 Å². The predicted molar refractivity (Wildman–Crippen MR) is 161 cm³/mol. The molecule has 234 valence electrons. The molecule has 3 aromatic rings. The number of aryl methyl sites for hydroxylation is 1. The molecule has 0 bridgehead atoms. The van der Waals surface area contributed by atoms with Crippen LogP contribution in [0, 0.1) is 12.8 Å². The number of aromatic nitrogens is 4. The number of likely N-dealkylation sites (tertiary alicyclic amines) is 1. The van der Waals surface area contributed by atoms with Crippen molar-refractivity contribution in [2.45, 2.75) is 98.3 Å². The SMILES string of the molecule is Cc1nnc([C@@H]2CC(N(CC(C)C)C(=O)c3cnc(C(C)(C)C)nc3NCc3ccco3)CN(C(=O)OC(C)(C)C)C2)o1. The van der Waals surface area contributed by atoms with Gasteiger partial charge in [0.2, 0.25) is 11.8 Å². The van der Waals surface area contributed by atoms with Gasteiger partial charge in [-0.25, -0.2) is 14.8 Å². The van der Waals surface area contributed by atoms with Crippen LogP contribution in [0.3, 0.4) is 0 Å². The van der Waals surface area contributed by atoms with Gasteiger partial charge in [-0.15, -0.1) is 10.2 Å². The minimum Gasteiger partial charge on any atom is -0.467 e. The third-order valence-electron chi connectivity index (χ3n) is 6.93. The average molecular weight is 596 g/mol. The van der Waals surface area contributed by atoms with E-state index in [9.17, 15) is 9.59 Å². The lowest BCUT2D eigenvalue weighted by atomic mass is 9.92. The molecule has 2 amide bonds. The minimum atomic E-state index is -0.672. The Morgan fingerprint density at radius 2 is 1.91 bits per heavy atom. The fourth-order valence-electron chi connectivity index (χ4n) is 4.99. The third kappa shape index (κ3) is 8.32. The highest BCUT2D eigenvalue weighted by Crippen LogP contribution is 2.32. The summed E-state index contributed by atoms with van der Waals surface area (Å²) in [4.78, 5) is 40.6. The number of piperidine rings is 1. The van der Waals surface area contributed by atoms with Gasteiger partial charge in [0.1, 0.15) is 28.6 Å². The fourth-order valence-corrected chi connectivity index (χ4v) is 4.99. The smallest absolute Gasteiger partial charge is 0.410 e. The molecular formula is C31H45N7O5. The number of nitrogens with zero attached hydrogens (tertiary/aromatic N) is 6. The zero-order chi connectivity index (χ0) is 31.5. The van der Waals surface area contributed by atoms with Crippen molar-refractivity contribution in [2.75, 3.05) is 25.0 Å². The van der Waals surface area contributed by atoms with E-state index < -0.39 is 11.7 Å². The first-order chi connectivity index (χ1) is 20.1. The summed E-state index contributed by atoms with van der Waals surface area (Å²) in [5, 5.41) is 11.6. The second kappa shape index (κ2) is 12.7. The maximum absolute atomic E-state index is 14.5. The monoisotopic (exact) mass is 595 g/mol. The molecule has 0 saturated carbocycles.